The summed E-state index contributed by atoms with van der Waals surface area (Å²) < 4.78 is 0. The lowest BCUT2D eigenvalue weighted by Gasteiger charge is -2.20. The number of carbonyl (C=O) groups is 2. The van der Waals surface area contributed by atoms with E-state index in [4.69, 9.17) is 0 Å². The second-order valence-electron chi connectivity index (χ2n) is 6.25. The van der Waals surface area contributed by atoms with Crippen LogP contribution in [0.4, 0.5) is 0 Å². The zero-order chi connectivity index (χ0) is 17.1. The molecule has 0 fully saturated rings. The van der Waals surface area contributed by atoms with Crippen LogP contribution in [0.1, 0.15) is 64.1 Å². The number of allylic oxidation sites excluding steroid dienone is 2. The maximum atomic E-state index is 13.1. The Labute approximate surface area is 143 Å². The van der Waals surface area contributed by atoms with Crippen molar-refractivity contribution in [3.8, 4) is 0 Å². The lowest BCUT2D eigenvalue weighted by atomic mass is 9.81. The average molecular weight is 318 g/mol. The van der Waals surface area contributed by atoms with E-state index in [1.54, 1.807) is 18.2 Å². The highest BCUT2D eigenvalue weighted by Crippen LogP contribution is 2.33. The van der Waals surface area contributed by atoms with Gasteiger partial charge in [0, 0.05) is 16.7 Å². The first kappa shape index (κ1) is 16.4. The SMILES string of the molecule is CCCc1cccc(CCC)c1C1=CC(=O)c2ccccc2C1=O. The maximum absolute atomic E-state index is 13.1. The maximum Gasteiger partial charge on any atom is 0.194 e. The molecular formula is C22H22O2. The van der Waals surface area contributed by atoms with Gasteiger partial charge in [0.05, 0.1) is 0 Å². The standard InChI is InChI=1S/C22H22O2/c1-3-8-15-10-7-11-16(9-4-2)21(15)19-14-20(23)17-12-5-6-13-18(17)22(19)24/h5-7,10-14H,3-4,8-9H2,1-2H3. The molecule has 0 atom stereocenters. The minimum absolute atomic E-state index is 0.0360. The Kier molecular flexibility index (Phi) is 4.75. The Bertz CT molecular complexity index is 803. The number of Topliss-reactive ketones (excluding diaryl/α,β-unsaturated/α-hetero) is 1. The third-order valence-electron chi connectivity index (χ3n) is 4.50. The van der Waals surface area contributed by atoms with Crippen molar-refractivity contribution in [2.45, 2.75) is 39.5 Å². The molecular weight excluding hydrogens is 296 g/mol. The minimum atomic E-state index is -0.0750. The third-order valence-corrected chi connectivity index (χ3v) is 4.50. The first-order valence-electron chi connectivity index (χ1n) is 8.68. The molecule has 0 heterocycles. The van der Waals surface area contributed by atoms with Crippen molar-refractivity contribution in [1.29, 1.82) is 0 Å². The largest absolute Gasteiger partial charge is 0.289 e. The molecule has 0 amide bonds. The summed E-state index contributed by atoms with van der Waals surface area (Å²) in [6.07, 6.45) is 5.38. The smallest absolute Gasteiger partial charge is 0.194 e. The minimum Gasteiger partial charge on any atom is -0.289 e. The van der Waals surface area contributed by atoms with Gasteiger partial charge in [0.25, 0.3) is 0 Å². The monoisotopic (exact) mass is 318 g/mol. The first-order chi connectivity index (χ1) is 11.7. The molecule has 24 heavy (non-hydrogen) atoms. The number of hydrogen-bond acceptors (Lipinski definition) is 2. The van der Waals surface area contributed by atoms with Crippen LogP contribution in [0.2, 0.25) is 0 Å². The summed E-state index contributed by atoms with van der Waals surface area (Å²) in [6, 6.07) is 13.3. The van der Waals surface area contributed by atoms with E-state index >= 15 is 0 Å². The van der Waals surface area contributed by atoms with E-state index in [2.05, 4.69) is 32.0 Å². The van der Waals surface area contributed by atoms with Crippen molar-refractivity contribution in [3.63, 3.8) is 0 Å². The number of fused-ring (bicyclic) bond motifs is 1. The van der Waals surface area contributed by atoms with Crippen LogP contribution in [0.25, 0.3) is 5.57 Å². The Balaban J connectivity index is 2.19. The zero-order valence-corrected chi connectivity index (χ0v) is 14.3. The number of ketones is 2. The summed E-state index contributed by atoms with van der Waals surface area (Å²) in [5, 5.41) is 0. The normalized spacial score (nSPS) is 13.7. The number of aryl methyl sites for hydroxylation is 2. The molecule has 2 heteroatoms. The quantitative estimate of drug-likeness (QED) is 0.772. The molecule has 0 saturated heterocycles. The van der Waals surface area contributed by atoms with Crippen LogP contribution in [0.15, 0.2) is 48.5 Å². The molecule has 0 saturated carbocycles. The summed E-state index contributed by atoms with van der Waals surface area (Å²) in [4.78, 5) is 25.6. The molecule has 0 aliphatic heterocycles. The molecule has 2 aromatic rings. The van der Waals surface area contributed by atoms with Crippen molar-refractivity contribution >= 4 is 17.1 Å². The van der Waals surface area contributed by atoms with E-state index in [-0.39, 0.29) is 11.6 Å². The molecule has 0 radical (unpaired) electrons. The molecule has 1 aliphatic carbocycles. The van der Waals surface area contributed by atoms with Gasteiger partial charge >= 0.3 is 0 Å². The van der Waals surface area contributed by atoms with Crippen LogP contribution in [0.3, 0.4) is 0 Å². The van der Waals surface area contributed by atoms with Gasteiger partial charge in [-0.2, -0.15) is 0 Å². The van der Waals surface area contributed by atoms with Crippen LogP contribution in [0, 0.1) is 0 Å². The predicted octanol–water partition coefficient (Wildman–Crippen LogP) is 5.05. The summed E-state index contributed by atoms with van der Waals surface area (Å²) >= 11 is 0. The van der Waals surface area contributed by atoms with E-state index in [1.807, 2.05) is 6.07 Å². The molecule has 0 aromatic heterocycles. The summed E-state index contributed by atoms with van der Waals surface area (Å²) in [5.41, 5.74) is 4.90. The number of hydrogen-bond donors (Lipinski definition) is 0. The van der Waals surface area contributed by atoms with Gasteiger partial charge in [0.2, 0.25) is 0 Å². The van der Waals surface area contributed by atoms with E-state index in [9.17, 15) is 9.59 Å². The molecule has 2 nitrogen and oxygen atoms in total. The van der Waals surface area contributed by atoms with Crippen LogP contribution in [-0.4, -0.2) is 11.6 Å². The predicted molar refractivity (Wildman–Crippen MR) is 97.5 cm³/mol. The summed E-state index contributed by atoms with van der Waals surface area (Å²) in [5.74, 6) is -0.111. The molecule has 0 spiro atoms. The third kappa shape index (κ3) is 2.84. The van der Waals surface area contributed by atoms with Crippen molar-refractivity contribution < 1.29 is 9.59 Å². The van der Waals surface area contributed by atoms with Crippen LogP contribution in [0.5, 0.6) is 0 Å². The lowest BCUT2D eigenvalue weighted by molar-refractivity contribution is 0.100. The van der Waals surface area contributed by atoms with Crippen molar-refractivity contribution in [3.05, 3.63) is 76.4 Å². The molecule has 122 valence electrons. The van der Waals surface area contributed by atoms with Crippen molar-refractivity contribution in [1.82, 2.24) is 0 Å². The van der Waals surface area contributed by atoms with Crippen molar-refractivity contribution in [2.75, 3.05) is 0 Å². The highest BCUT2D eigenvalue weighted by molar-refractivity contribution is 6.39. The molecule has 2 aromatic carbocycles. The summed E-state index contributed by atoms with van der Waals surface area (Å²) in [7, 11) is 0. The Hall–Kier alpha value is -2.48. The average Bonchev–Trinajstić information content (AvgIpc) is 2.59. The van der Waals surface area contributed by atoms with E-state index < -0.39 is 0 Å². The topological polar surface area (TPSA) is 34.1 Å². The fourth-order valence-electron chi connectivity index (χ4n) is 3.46. The second kappa shape index (κ2) is 6.96. The number of benzene rings is 2. The van der Waals surface area contributed by atoms with Crippen LogP contribution in [-0.2, 0) is 12.8 Å². The van der Waals surface area contributed by atoms with E-state index in [0.29, 0.717) is 16.7 Å². The van der Waals surface area contributed by atoms with Gasteiger partial charge < -0.3 is 0 Å². The highest BCUT2D eigenvalue weighted by Gasteiger charge is 2.28. The Morgan fingerprint density at radius 3 is 1.92 bits per heavy atom. The zero-order valence-electron chi connectivity index (χ0n) is 14.3. The van der Waals surface area contributed by atoms with E-state index in [0.717, 1.165) is 42.4 Å². The highest BCUT2D eigenvalue weighted by atomic mass is 16.1. The van der Waals surface area contributed by atoms with Gasteiger partial charge in [-0.3, -0.25) is 9.59 Å². The number of rotatable bonds is 5. The molecule has 0 unspecified atom stereocenters. The van der Waals surface area contributed by atoms with Gasteiger partial charge in [0.15, 0.2) is 11.6 Å². The fourth-order valence-corrected chi connectivity index (χ4v) is 3.46. The Morgan fingerprint density at radius 2 is 1.33 bits per heavy atom. The van der Waals surface area contributed by atoms with E-state index in [1.165, 1.54) is 6.08 Å². The summed E-state index contributed by atoms with van der Waals surface area (Å²) in [6.45, 7) is 4.27. The fraction of sp³-hybridized carbons (Fsp3) is 0.273. The molecule has 1 aliphatic rings. The molecule has 0 N–H and O–H groups in total. The van der Waals surface area contributed by atoms with Gasteiger partial charge in [-0.25, -0.2) is 0 Å². The first-order valence-corrected chi connectivity index (χ1v) is 8.68. The number of carbonyl (C=O) groups excluding carboxylic acids is 2. The van der Waals surface area contributed by atoms with Gasteiger partial charge in [-0.05, 0) is 35.6 Å². The van der Waals surface area contributed by atoms with Gasteiger partial charge in [-0.15, -0.1) is 0 Å². The molecule has 3 rings (SSSR count). The second-order valence-corrected chi connectivity index (χ2v) is 6.25. The van der Waals surface area contributed by atoms with Crippen LogP contribution < -0.4 is 0 Å². The van der Waals surface area contributed by atoms with Gasteiger partial charge in [0.1, 0.15) is 0 Å². The van der Waals surface area contributed by atoms with Crippen molar-refractivity contribution in [2.24, 2.45) is 0 Å². The lowest BCUT2D eigenvalue weighted by Crippen LogP contribution is -2.18. The van der Waals surface area contributed by atoms with Crippen LogP contribution >= 0.6 is 0 Å². The van der Waals surface area contributed by atoms with Gasteiger partial charge in [-0.1, -0.05) is 69.2 Å². The Morgan fingerprint density at radius 1 is 0.750 bits per heavy atom. The molecule has 0 bridgehead atoms.